The molecule has 1 unspecified atom stereocenters. The molecule has 0 aromatic heterocycles. The third-order valence-corrected chi connectivity index (χ3v) is 4.34. The summed E-state index contributed by atoms with van der Waals surface area (Å²) in [5.41, 5.74) is 3.78. The molecule has 2 aromatic carbocycles. The number of benzene rings is 2. The van der Waals surface area contributed by atoms with E-state index in [2.05, 4.69) is 65.4 Å². The van der Waals surface area contributed by atoms with Crippen LogP contribution >= 0.6 is 15.9 Å². The van der Waals surface area contributed by atoms with E-state index in [-0.39, 0.29) is 6.04 Å². The number of aryl methyl sites for hydroxylation is 1. The van der Waals surface area contributed by atoms with Gasteiger partial charge in [-0.2, -0.15) is 0 Å². The number of hydrogen-bond donors (Lipinski definition) is 1. The smallest absolute Gasteiger partial charge is 0.119 e. The quantitative estimate of drug-likeness (QED) is 0.805. The summed E-state index contributed by atoms with van der Waals surface area (Å²) in [6.45, 7) is 7.87. The van der Waals surface area contributed by atoms with Crippen molar-refractivity contribution >= 4 is 15.9 Å². The van der Waals surface area contributed by atoms with Gasteiger partial charge in [0.05, 0.1) is 12.6 Å². The van der Waals surface area contributed by atoms with E-state index in [0.717, 1.165) is 16.8 Å². The molecule has 0 aliphatic rings. The highest BCUT2D eigenvalue weighted by molar-refractivity contribution is 9.10. The summed E-state index contributed by atoms with van der Waals surface area (Å²) < 4.78 is 6.66. The topological polar surface area (TPSA) is 21.3 Å². The average Bonchev–Trinajstić information content (AvgIpc) is 2.49. The van der Waals surface area contributed by atoms with E-state index in [1.165, 1.54) is 16.7 Å². The largest absolute Gasteiger partial charge is 0.494 e. The van der Waals surface area contributed by atoms with Crippen LogP contribution in [0.1, 0.15) is 36.6 Å². The molecule has 1 atom stereocenters. The first kappa shape index (κ1) is 16.1. The highest BCUT2D eigenvalue weighted by Gasteiger charge is 2.13. The predicted octanol–water partition coefficient (Wildman–Crippen LogP) is 4.86. The second-order valence-corrected chi connectivity index (χ2v) is 5.86. The minimum atomic E-state index is 0.206. The van der Waals surface area contributed by atoms with Crippen LogP contribution in [0.5, 0.6) is 5.75 Å². The van der Waals surface area contributed by atoms with Crippen molar-refractivity contribution in [2.45, 2.75) is 26.8 Å². The van der Waals surface area contributed by atoms with Gasteiger partial charge in [0.25, 0.3) is 0 Å². The van der Waals surface area contributed by atoms with Crippen LogP contribution < -0.4 is 10.1 Å². The van der Waals surface area contributed by atoms with Crippen molar-refractivity contribution in [1.29, 1.82) is 0 Å². The first-order valence-electron chi connectivity index (χ1n) is 7.37. The maximum absolute atomic E-state index is 5.51. The third-order valence-electron chi connectivity index (χ3n) is 3.45. The zero-order valence-corrected chi connectivity index (χ0v) is 14.4. The van der Waals surface area contributed by atoms with E-state index in [1.807, 2.05) is 19.1 Å². The van der Waals surface area contributed by atoms with Gasteiger partial charge >= 0.3 is 0 Å². The number of nitrogens with one attached hydrogen (secondary N) is 1. The van der Waals surface area contributed by atoms with Crippen molar-refractivity contribution in [2.75, 3.05) is 13.2 Å². The minimum absolute atomic E-state index is 0.206. The third kappa shape index (κ3) is 4.08. The fraction of sp³-hybridized carbons (Fsp3) is 0.333. The number of ether oxygens (including phenoxy) is 1. The highest BCUT2D eigenvalue weighted by Crippen LogP contribution is 2.27. The van der Waals surface area contributed by atoms with Crippen LogP contribution in [0.2, 0.25) is 0 Å². The fourth-order valence-corrected chi connectivity index (χ4v) is 2.65. The highest BCUT2D eigenvalue weighted by atomic mass is 79.9. The molecule has 0 aliphatic heterocycles. The summed E-state index contributed by atoms with van der Waals surface area (Å²) in [6.07, 6.45) is 0. The van der Waals surface area contributed by atoms with Gasteiger partial charge in [0.1, 0.15) is 5.75 Å². The zero-order chi connectivity index (χ0) is 15.2. The van der Waals surface area contributed by atoms with Crippen molar-refractivity contribution in [2.24, 2.45) is 0 Å². The van der Waals surface area contributed by atoms with E-state index < -0.39 is 0 Å². The summed E-state index contributed by atoms with van der Waals surface area (Å²) in [5.74, 6) is 0.920. The number of hydrogen-bond acceptors (Lipinski definition) is 2. The molecule has 0 amide bonds. The van der Waals surface area contributed by atoms with Gasteiger partial charge in [0.2, 0.25) is 0 Å². The Bertz CT molecular complexity index is 580. The zero-order valence-electron chi connectivity index (χ0n) is 12.8. The molecule has 112 valence electrons. The maximum atomic E-state index is 5.51. The lowest BCUT2D eigenvalue weighted by atomic mass is 9.97. The molecular weight excluding hydrogens is 326 g/mol. The maximum Gasteiger partial charge on any atom is 0.119 e. The first-order valence-corrected chi connectivity index (χ1v) is 8.17. The molecule has 0 saturated heterocycles. The molecule has 1 N–H and O–H groups in total. The Balaban J connectivity index is 2.31. The van der Waals surface area contributed by atoms with Crippen LogP contribution in [0.25, 0.3) is 0 Å². The van der Waals surface area contributed by atoms with Crippen molar-refractivity contribution in [3.63, 3.8) is 0 Å². The van der Waals surface area contributed by atoms with E-state index in [0.29, 0.717) is 6.61 Å². The molecule has 2 nitrogen and oxygen atoms in total. The second-order valence-electron chi connectivity index (χ2n) is 5.00. The summed E-state index contributed by atoms with van der Waals surface area (Å²) >= 11 is 3.56. The van der Waals surface area contributed by atoms with Gasteiger partial charge in [-0.15, -0.1) is 0 Å². The van der Waals surface area contributed by atoms with Crippen LogP contribution in [0.3, 0.4) is 0 Å². The van der Waals surface area contributed by atoms with Gasteiger partial charge in [-0.25, -0.2) is 0 Å². The Morgan fingerprint density at radius 2 is 1.71 bits per heavy atom. The standard InChI is InChI=1S/C18H22BrNO/c1-4-20-18(15-8-11-17(19)13(3)12-15)14-6-9-16(10-7-14)21-5-2/h6-12,18,20H,4-5H2,1-3H3. The monoisotopic (exact) mass is 347 g/mol. The number of halogens is 1. The Hall–Kier alpha value is -1.32. The Labute approximate surface area is 135 Å². The Kier molecular flexibility index (Phi) is 5.83. The predicted molar refractivity (Wildman–Crippen MR) is 92.0 cm³/mol. The van der Waals surface area contributed by atoms with Gasteiger partial charge in [-0.1, -0.05) is 47.1 Å². The second kappa shape index (κ2) is 7.62. The molecular formula is C18H22BrNO. The van der Waals surface area contributed by atoms with E-state index >= 15 is 0 Å². The van der Waals surface area contributed by atoms with Gasteiger partial charge < -0.3 is 10.1 Å². The lowest BCUT2D eigenvalue weighted by Crippen LogP contribution is -2.22. The lowest BCUT2D eigenvalue weighted by Gasteiger charge is -2.20. The Morgan fingerprint density at radius 3 is 2.29 bits per heavy atom. The molecule has 3 heteroatoms. The Morgan fingerprint density at radius 1 is 1.05 bits per heavy atom. The molecule has 0 saturated carbocycles. The fourth-order valence-electron chi connectivity index (χ4n) is 2.40. The summed E-state index contributed by atoms with van der Waals surface area (Å²) in [4.78, 5) is 0. The van der Waals surface area contributed by atoms with Crippen molar-refractivity contribution in [1.82, 2.24) is 5.32 Å². The molecule has 2 rings (SSSR count). The molecule has 0 aliphatic carbocycles. The van der Waals surface area contributed by atoms with Crippen LogP contribution in [0, 0.1) is 6.92 Å². The molecule has 21 heavy (non-hydrogen) atoms. The van der Waals surface area contributed by atoms with Crippen LogP contribution in [0.4, 0.5) is 0 Å². The summed E-state index contributed by atoms with van der Waals surface area (Å²) in [5, 5.41) is 3.56. The normalized spacial score (nSPS) is 12.2. The van der Waals surface area contributed by atoms with E-state index in [1.54, 1.807) is 0 Å². The summed E-state index contributed by atoms with van der Waals surface area (Å²) in [6, 6.07) is 15.1. The van der Waals surface area contributed by atoms with Crippen LogP contribution in [0.15, 0.2) is 46.9 Å². The first-order chi connectivity index (χ1) is 10.2. The molecule has 0 spiro atoms. The van der Waals surface area contributed by atoms with Gasteiger partial charge in [0, 0.05) is 4.47 Å². The van der Waals surface area contributed by atoms with E-state index in [9.17, 15) is 0 Å². The van der Waals surface area contributed by atoms with Crippen molar-refractivity contribution < 1.29 is 4.74 Å². The summed E-state index contributed by atoms with van der Waals surface area (Å²) in [7, 11) is 0. The average molecular weight is 348 g/mol. The lowest BCUT2D eigenvalue weighted by molar-refractivity contribution is 0.340. The van der Waals surface area contributed by atoms with Crippen LogP contribution in [-0.4, -0.2) is 13.2 Å². The molecule has 2 aromatic rings. The van der Waals surface area contributed by atoms with E-state index in [4.69, 9.17) is 4.74 Å². The van der Waals surface area contributed by atoms with Gasteiger partial charge in [-0.05, 0) is 55.3 Å². The molecule has 0 bridgehead atoms. The van der Waals surface area contributed by atoms with Gasteiger partial charge in [-0.3, -0.25) is 0 Å². The number of rotatable bonds is 6. The molecule has 0 heterocycles. The van der Waals surface area contributed by atoms with Gasteiger partial charge in [0.15, 0.2) is 0 Å². The SMILES string of the molecule is CCNC(c1ccc(OCC)cc1)c1ccc(Br)c(C)c1. The van der Waals surface area contributed by atoms with Crippen LogP contribution in [-0.2, 0) is 0 Å². The molecule has 0 radical (unpaired) electrons. The van der Waals surface area contributed by atoms with Crippen molar-refractivity contribution in [3.8, 4) is 5.75 Å². The minimum Gasteiger partial charge on any atom is -0.494 e. The molecule has 0 fully saturated rings. The van der Waals surface area contributed by atoms with Crippen molar-refractivity contribution in [3.05, 3.63) is 63.6 Å².